The van der Waals surface area contributed by atoms with Gasteiger partial charge in [0.25, 0.3) is 0 Å². The lowest BCUT2D eigenvalue weighted by atomic mass is 10.1. The van der Waals surface area contributed by atoms with Gasteiger partial charge in [0.2, 0.25) is 11.7 Å². The second-order valence-electron chi connectivity index (χ2n) is 6.72. The van der Waals surface area contributed by atoms with Gasteiger partial charge in [0, 0.05) is 27.4 Å². The Bertz CT molecular complexity index is 1300. The number of benzene rings is 3. The third-order valence-corrected chi connectivity index (χ3v) is 4.93. The summed E-state index contributed by atoms with van der Waals surface area (Å²) in [6, 6.07) is 9.82. The molecule has 2 N–H and O–H groups in total. The predicted molar refractivity (Wildman–Crippen MR) is 98.0 cm³/mol. The number of hydrogen-bond acceptors (Lipinski definition) is 1. The van der Waals surface area contributed by atoms with E-state index in [9.17, 15) is 26.7 Å². The van der Waals surface area contributed by atoms with Crippen molar-refractivity contribution in [3.63, 3.8) is 0 Å². The fourth-order valence-corrected chi connectivity index (χ4v) is 3.58. The van der Waals surface area contributed by atoms with Crippen LogP contribution in [-0.2, 0) is 6.54 Å². The predicted octanol–water partition coefficient (Wildman–Crippen LogP) is 4.95. The number of carbonyl (C=O) groups is 1. The molecule has 1 heterocycles. The topological polar surface area (TPSA) is 48.0 Å². The van der Waals surface area contributed by atoms with Crippen molar-refractivity contribution in [1.29, 1.82) is 0 Å². The van der Waals surface area contributed by atoms with Gasteiger partial charge in [-0.2, -0.15) is 0 Å². The molecule has 1 aromatic heterocycles. The normalized spacial score (nSPS) is 11.5. The molecule has 0 unspecified atom stereocenters. The highest BCUT2D eigenvalue weighted by molar-refractivity contribution is 6.17. The van der Waals surface area contributed by atoms with Crippen LogP contribution in [0.5, 0.6) is 0 Å². The number of carbonyl (C=O) groups excluding carboxylic acids is 1. The maximum absolute atomic E-state index is 14.3. The number of hydrogen-bond donors (Lipinski definition) is 1. The van der Waals surface area contributed by atoms with Crippen LogP contribution in [0.4, 0.5) is 22.0 Å². The summed E-state index contributed by atoms with van der Waals surface area (Å²) < 4.78 is 70.7. The second-order valence-corrected chi connectivity index (χ2v) is 6.72. The van der Waals surface area contributed by atoms with Crippen molar-refractivity contribution in [2.24, 2.45) is 5.73 Å². The number of primary amides is 1. The van der Waals surface area contributed by atoms with Crippen LogP contribution in [-0.4, -0.2) is 10.5 Å². The lowest BCUT2D eigenvalue weighted by molar-refractivity contribution is 0.100. The molecule has 3 aromatic carbocycles. The summed E-state index contributed by atoms with van der Waals surface area (Å²) in [5, 5.41) is 1.02. The number of aryl methyl sites for hydroxylation is 1. The molecule has 4 aromatic rings. The summed E-state index contributed by atoms with van der Waals surface area (Å²) in [4.78, 5) is 11.9. The molecule has 0 radical (unpaired) electrons. The molecular weight excluding hydrogens is 391 g/mol. The Morgan fingerprint density at radius 2 is 1.52 bits per heavy atom. The van der Waals surface area contributed by atoms with E-state index < -0.39 is 47.1 Å². The number of nitrogens with zero attached hydrogens (tertiary/aromatic N) is 1. The zero-order chi connectivity index (χ0) is 21.0. The van der Waals surface area contributed by atoms with Gasteiger partial charge in [-0.15, -0.1) is 0 Å². The summed E-state index contributed by atoms with van der Waals surface area (Å²) in [5.74, 6) is -10.7. The minimum Gasteiger partial charge on any atom is -0.366 e. The van der Waals surface area contributed by atoms with E-state index in [1.165, 1.54) is 16.7 Å². The maximum Gasteiger partial charge on any atom is 0.249 e. The first-order valence-electron chi connectivity index (χ1n) is 8.54. The Labute approximate surface area is 161 Å². The molecule has 4 rings (SSSR count). The van der Waals surface area contributed by atoms with E-state index in [-0.39, 0.29) is 5.56 Å². The van der Waals surface area contributed by atoms with Crippen molar-refractivity contribution in [3.8, 4) is 0 Å². The smallest absolute Gasteiger partial charge is 0.249 e. The molecule has 29 heavy (non-hydrogen) atoms. The molecule has 8 heteroatoms. The van der Waals surface area contributed by atoms with Crippen LogP contribution in [0, 0.1) is 36.0 Å². The van der Waals surface area contributed by atoms with Gasteiger partial charge in [-0.1, -0.05) is 18.2 Å². The molecular formula is C21H13F5N2O. The molecule has 0 aliphatic heterocycles. The van der Waals surface area contributed by atoms with Gasteiger partial charge in [0.15, 0.2) is 23.3 Å². The molecule has 0 fully saturated rings. The van der Waals surface area contributed by atoms with Gasteiger partial charge in [0.05, 0.1) is 12.1 Å². The first-order chi connectivity index (χ1) is 13.7. The molecule has 0 aliphatic carbocycles. The van der Waals surface area contributed by atoms with E-state index in [0.717, 1.165) is 5.56 Å². The SMILES string of the molecule is Cc1ccc2c3c(C(N)=O)cccc3n(Cc3c(F)c(F)c(F)c(F)c3F)c2c1. The third-order valence-electron chi connectivity index (χ3n) is 4.93. The minimum absolute atomic E-state index is 0.188. The molecule has 1 amide bonds. The molecule has 0 spiro atoms. The van der Waals surface area contributed by atoms with E-state index in [1.807, 2.05) is 0 Å². The van der Waals surface area contributed by atoms with Gasteiger partial charge in [-0.05, 0) is 30.7 Å². The van der Waals surface area contributed by atoms with Crippen molar-refractivity contribution in [1.82, 2.24) is 4.57 Å². The number of amides is 1. The highest BCUT2D eigenvalue weighted by Gasteiger charge is 2.27. The highest BCUT2D eigenvalue weighted by Crippen LogP contribution is 2.34. The lowest BCUT2D eigenvalue weighted by Crippen LogP contribution is -2.12. The third kappa shape index (κ3) is 2.74. The Morgan fingerprint density at radius 3 is 2.14 bits per heavy atom. The summed E-state index contributed by atoms with van der Waals surface area (Å²) in [6.07, 6.45) is 0. The summed E-state index contributed by atoms with van der Waals surface area (Å²) in [6.45, 7) is 1.16. The Kier molecular flexibility index (Phi) is 4.29. The second kappa shape index (κ2) is 6.58. The van der Waals surface area contributed by atoms with Crippen LogP contribution in [0.2, 0.25) is 0 Å². The first kappa shape index (κ1) is 18.9. The molecule has 0 aliphatic rings. The number of aromatic nitrogens is 1. The van der Waals surface area contributed by atoms with Crippen molar-refractivity contribution < 1.29 is 26.7 Å². The van der Waals surface area contributed by atoms with E-state index in [2.05, 4.69) is 0 Å². The fraction of sp³-hybridized carbons (Fsp3) is 0.0952. The average molecular weight is 404 g/mol. The Balaban J connectivity index is 2.09. The van der Waals surface area contributed by atoms with E-state index in [1.54, 1.807) is 31.2 Å². The van der Waals surface area contributed by atoms with E-state index in [0.29, 0.717) is 21.8 Å². The number of halogens is 5. The fourth-order valence-electron chi connectivity index (χ4n) is 3.58. The van der Waals surface area contributed by atoms with Crippen LogP contribution in [0.3, 0.4) is 0 Å². The van der Waals surface area contributed by atoms with Gasteiger partial charge in [-0.25, -0.2) is 22.0 Å². The Morgan fingerprint density at radius 1 is 0.897 bits per heavy atom. The van der Waals surface area contributed by atoms with Gasteiger partial charge >= 0.3 is 0 Å². The van der Waals surface area contributed by atoms with Crippen molar-refractivity contribution >= 4 is 27.7 Å². The minimum atomic E-state index is -2.21. The number of rotatable bonds is 3. The first-order valence-corrected chi connectivity index (χ1v) is 8.54. The van der Waals surface area contributed by atoms with Crippen molar-refractivity contribution in [2.45, 2.75) is 13.5 Å². The van der Waals surface area contributed by atoms with Gasteiger partial charge < -0.3 is 10.3 Å². The molecule has 0 saturated carbocycles. The molecule has 148 valence electrons. The van der Waals surface area contributed by atoms with Gasteiger partial charge in [-0.3, -0.25) is 4.79 Å². The number of fused-ring (bicyclic) bond motifs is 3. The van der Waals surface area contributed by atoms with Crippen molar-refractivity contribution in [3.05, 3.63) is 82.2 Å². The highest BCUT2D eigenvalue weighted by atomic mass is 19.2. The van der Waals surface area contributed by atoms with Crippen LogP contribution < -0.4 is 5.73 Å². The largest absolute Gasteiger partial charge is 0.366 e. The molecule has 0 saturated heterocycles. The van der Waals surface area contributed by atoms with Gasteiger partial charge in [0.1, 0.15) is 0 Å². The average Bonchev–Trinajstić information content (AvgIpc) is 3.00. The molecule has 0 bridgehead atoms. The standard InChI is InChI=1S/C21H13F5N2O/c1-9-5-6-10-14(7-9)28(13-4-2-3-11(15(10)13)21(27)29)8-12-16(22)18(24)20(26)19(25)17(12)23/h2-7H,8H2,1H3,(H2,27,29). The summed E-state index contributed by atoms with van der Waals surface area (Å²) in [5.41, 5.74) is 6.33. The Hall–Kier alpha value is -3.42. The lowest BCUT2D eigenvalue weighted by Gasteiger charge is -2.12. The van der Waals surface area contributed by atoms with Crippen LogP contribution in [0.25, 0.3) is 21.8 Å². The van der Waals surface area contributed by atoms with E-state index >= 15 is 0 Å². The zero-order valence-corrected chi connectivity index (χ0v) is 15.0. The molecule has 3 nitrogen and oxygen atoms in total. The van der Waals surface area contributed by atoms with Crippen LogP contribution in [0.15, 0.2) is 36.4 Å². The van der Waals surface area contributed by atoms with Crippen LogP contribution >= 0.6 is 0 Å². The summed E-state index contributed by atoms with van der Waals surface area (Å²) >= 11 is 0. The zero-order valence-electron chi connectivity index (χ0n) is 15.0. The maximum atomic E-state index is 14.3. The van der Waals surface area contributed by atoms with E-state index in [4.69, 9.17) is 5.73 Å². The van der Waals surface area contributed by atoms with Crippen molar-refractivity contribution in [2.75, 3.05) is 0 Å². The quantitative estimate of drug-likeness (QED) is 0.293. The number of nitrogens with two attached hydrogens (primary N) is 1. The summed E-state index contributed by atoms with van der Waals surface area (Å²) in [7, 11) is 0. The molecule has 0 atom stereocenters. The monoisotopic (exact) mass is 404 g/mol. The van der Waals surface area contributed by atoms with Crippen LogP contribution in [0.1, 0.15) is 21.5 Å².